The molecule has 1 aromatic heterocycles. The van der Waals surface area contributed by atoms with Crippen LogP contribution in [0.3, 0.4) is 0 Å². The molecular weight excluding hydrogens is 444 g/mol. The summed E-state index contributed by atoms with van der Waals surface area (Å²) in [6.07, 6.45) is 7.13. The van der Waals surface area contributed by atoms with Crippen LogP contribution in [0.4, 0.5) is 0 Å². The number of hydrogen-bond donors (Lipinski definition) is 0. The van der Waals surface area contributed by atoms with Gasteiger partial charge in [0.05, 0.1) is 0 Å². The molecule has 1 amide bonds. The third-order valence-corrected chi connectivity index (χ3v) is 7.01. The van der Waals surface area contributed by atoms with Crippen molar-refractivity contribution in [1.29, 1.82) is 0 Å². The lowest BCUT2D eigenvalue weighted by molar-refractivity contribution is 0.0543. The van der Waals surface area contributed by atoms with Crippen LogP contribution in [0, 0.1) is 6.92 Å². The van der Waals surface area contributed by atoms with Crippen molar-refractivity contribution in [2.24, 2.45) is 0 Å². The number of nitrogens with zero attached hydrogens (tertiary/aromatic N) is 4. The Bertz CT molecular complexity index is 1250. The predicted octanol–water partition coefficient (Wildman–Crippen LogP) is 5.76. The molecule has 3 aromatic carbocycles. The quantitative estimate of drug-likeness (QED) is 0.340. The van der Waals surface area contributed by atoms with E-state index in [1.54, 1.807) is 0 Å². The Hall–Kier alpha value is -3.83. The first-order chi connectivity index (χ1) is 17.7. The van der Waals surface area contributed by atoms with Gasteiger partial charge < -0.3 is 4.90 Å². The molecule has 5 heteroatoms. The van der Waals surface area contributed by atoms with Gasteiger partial charge in [0.2, 0.25) is 0 Å². The fraction of sp³-hybridized carbons (Fsp3) is 0.258. The smallest absolute Gasteiger partial charge is 0.254 e. The van der Waals surface area contributed by atoms with Crippen LogP contribution in [0.15, 0.2) is 97.6 Å². The second-order valence-electron chi connectivity index (χ2n) is 9.62. The van der Waals surface area contributed by atoms with Gasteiger partial charge in [-0.1, -0.05) is 72.3 Å². The fourth-order valence-corrected chi connectivity index (χ4v) is 4.91. The highest BCUT2D eigenvalue weighted by atomic mass is 16.2. The molecule has 0 saturated carbocycles. The lowest BCUT2D eigenvalue weighted by atomic mass is 9.99. The van der Waals surface area contributed by atoms with Crippen molar-refractivity contribution < 1.29 is 4.79 Å². The van der Waals surface area contributed by atoms with Crippen LogP contribution in [-0.2, 0) is 13.1 Å². The van der Waals surface area contributed by atoms with Gasteiger partial charge in [-0.15, -0.1) is 0 Å². The zero-order chi connectivity index (χ0) is 24.7. The monoisotopic (exact) mass is 476 g/mol. The van der Waals surface area contributed by atoms with E-state index in [0.717, 1.165) is 60.3 Å². The summed E-state index contributed by atoms with van der Waals surface area (Å²) in [6, 6.07) is 27.2. The molecule has 1 aliphatic heterocycles. The van der Waals surface area contributed by atoms with Crippen LogP contribution in [0.1, 0.15) is 39.9 Å². The summed E-state index contributed by atoms with van der Waals surface area (Å²) < 4.78 is 0. The van der Waals surface area contributed by atoms with Crippen molar-refractivity contribution in [3.05, 3.63) is 120 Å². The third kappa shape index (κ3) is 5.86. The highest BCUT2D eigenvalue weighted by Gasteiger charge is 2.29. The molecule has 0 aliphatic carbocycles. The normalized spacial score (nSPS) is 14.5. The number of carbonyl (C=O) groups is 1. The summed E-state index contributed by atoms with van der Waals surface area (Å²) in [5.41, 5.74) is 6.45. The topological polar surface area (TPSA) is 49.3 Å². The Labute approximate surface area is 213 Å². The highest BCUT2D eigenvalue weighted by molar-refractivity contribution is 5.94. The second kappa shape index (κ2) is 11.3. The first-order valence-electron chi connectivity index (χ1n) is 12.6. The van der Waals surface area contributed by atoms with Gasteiger partial charge in [-0.3, -0.25) is 9.69 Å². The van der Waals surface area contributed by atoms with Gasteiger partial charge in [0.25, 0.3) is 5.91 Å². The summed E-state index contributed by atoms with van der Waals surface area (Å²) >= 11 is 0. The summed E-state index contributed by atoms with van der Waals surface area (Å²) in [6.45, 7) is 5.59. The van der Waals surface area contributed by atoms with Crippen molar-refractivity contribution >= 4 is 5.91 Å². The minimum absolute atomic E-state index is 0.108. The molecule has 0 N–H and O–H groups in total. The lowest BCUT2D eigenvalue weighted by Gasteiger charge is -2.39. The van der Waals surface area contributed by atoms with Gasteiger partial charge in [-0.2, -0.15) is 0 Å². The van der Waals surface area contributed by atoms with E-state index in [0.29, 0.717) is 6.54 Å². The Morgan fingerprint density at radius 1 is 0.833 bits per heavy atom. The van der Waals surface area contributed by atoms with Gasteiger partial charge in [0.1, 0.15) is 6.33 Å². The van der Waals surface area contributed by atoms with E-state index < -0.39 is 0 Å². The number of hydrogen-bond acceptors (Lipinski definition) is 4. The van der Waals surface area contributed by atoms with E-state index in [-0.39, 0.29) is 11.9 Å². The Morgan fingerprint density at radius 3 is 2.17 bits per heavy atom. The molecule has 0 atom stereocenters. The van der Waals surface area contributed by atoms with E-state index in [9.17, 15) is 4.79 Å². The van der Waals surface area contributed by atoms with Crippen molar-refractivity contribution in [3.63, 3.8) is 0 Å². The zero-order valence-electron chi connectivity index (χ0n) is 20.8. The van der Waals surface area contributed by atoms with E-state index in [4.69, 9.17) is 0 Å². The van der Waals surface area contributed by atoms with Crippen molar-refractivity contribution in [3.8, 4) is 11.1 Å². The average Bonchev–Trinajstić information content (AvgIpc) is 2.94. The molecule has 1 saturated heterocycles. The number of piperidine rings is 1. The Balaban J connectivity index is 1.32. The standard InChI is InChI=1S/C31H32N4O/c1-24-7-11-28(12-8-24)31(36)35(22-26-9-13-27(14-10-26)29-19-32-23-33-20-29)30-15-17-34(18-16-30)21-25-5-3-2-4-6-25/h2-14,19-20,23,30H,15-18,21-22H2,1H3. The van der Waals surface area contributed by atoms with Crippen molar-refractivity contribution in [2.75, 3.05) is 13.1 Å². The number of aryl methyl sites for hydroxylation is 1. The van der Waals surface area contributed by atoms with Gasteiger partial charge in [-0.25, -0.2) is 9.97 Å². The average molecular weight is 477 g/mol. The fourth-order valence-electron chi connectivity index (χ4n) is 4.91. The Kier molecular flexibility index (Phi) is 7.48. The molecule has 2 heterocycles. The van der Waals surface area contributed by atoms with Crippen LogP contribution >= 0.6 is 0 Å². The second-order valence-corrected chi connectivity index (χ2v) is 9.62. The molecule has 1 fully saturated rings. The largest absolute Gasteiger partial charge is 0.331 e. The molecule has 5 rings (SSSR count). The van der Waals surface area contributed by atoms with Crippen molar-refractivity contribution in [2.45, 2.75) is 38.9 Å². The van der Waals surface area contributed by atoms with Gasteiger partial charge in [0.15, 0.2) is 0 Å². The molecule has 1 aliphatic rings. The number of carbonyl (C=O) groups excluding carboxylic acids is 1. The third-order valence-electron chi connectivity index (χ3n) is 7.01. The molecule has 182 valence electrons. The number of aromatic nitrogens is 2. The number of amides is 1. The first kappa shape index (κ1) is 23.9. The SMILES string of the molecule is Cc1ccc(C(=O)N(Cc2ccc(-c3cncnc3)cc2)C2CCN(Cc3ccccc3)CC2)cc1. The number of benzene rings is 3. The van der Waals surface area contributed by atoms with Crippen LogP contribution < -0.4 is 0 Å². The molecule has 5 nitrogen and oxygen atoms in total. The highest BCUT2D eigenvalue weighted by Crippen LogP contribution is 2.24. The maximum absolute atomic E-state index is 13.7. The lowest BCUT2D eigenvalue weighted by Crippen LogP contribution is -2.46. The Morgan fingerprint density at radius 2 is 1.50 bits per heavy atom. The number of likely N-dealkylation sites (tertiary alicyclic amines) is 1. The molecule has 4 aromatic rings. The minimum Gasteiger partial charge on any atom is -0.331 e. The molecule has 0 radical (unpaired) electrons. The van der Waals surface area contributed by atoms with E-state index in [1.807, 2.05) is 43.6 Å². The maximum atomic E-state index is 13.7. The van der Waals surface area contributed by atoms with Crippen LogP contribution in [0.2, 0.25) is 0 Å². The summed E-state index contributed by atoms with van der Waals surface area (Å²) in [5, 5.41) is 0. The van der Waals surface area contributed by atoms with Crippen LogP contribution in [0.5, 0.6) is 0 Å². The van der Waals surface area contributed by atoms with E-state index >= 15 is 0 Å². The first-order valence-corrected chi connectivity index (χ1v) is 12.6. The van der Waals surface area contributed by atoms with Gasteiger partial charge in [-0.05, 0) is 48.6 Å². The zero-order valence-corrected chi connectivity index (χ0v) is 20.8. The van der Waals surface area contributed by atoms with Crippen LogP contribution in [-0.4, -0.2) is 44.8 Å². The van der Waals surface area contributed by atoms with E-state index in [2.05, 4.69) is 74.4 Å². The van der Waals surface area contributed by atoms with Gasteiger partial charge >= 0.3 is 0 Å². The molecule has 0 unspecified atom stereocenters. The molecular formula is C31H32N4O. The summed E-state index contributed by atoms with van der Waals surface area (Å²) in [4.78, 5) is 26.5. The number of rotatable bonds is 7. The van der Waals surface area contributed by atoms with Crippen LogP contribution in [0.25, 0.3) is 11.1 Å². The summed E-state index contributed by atoms with van der Waals surface area (Å²) in [7, 11) is 0. The predicted molar refractivity (Wildman–Crippen MR) is 143 cm³/mol. The molecule has 0 bridgehead atoms. The molecule has 0 spiro atoms. The van der Waals surface area contributed by atoms with E-state index in [1.165, 1.54) is 11.9 Å². The van der Waals surface area contributed by atoms with Crippen molar-refractivity contribution in [1.82, 2.24) is 19.8 Å². The minimum atomic E-state index is 0.108. The van der Waals surface area contributed by atoms with Gasteiger partial charge in [0, 0.05) is 55.7 Å². The summed E-state index contributed by atoms with van der Waals surface area (Å²) in [5.74, 6) is 0.108. The maximum Gasteiger partial charge on any atom is 0.254 e. The molecule has 36 heavy (non-hydrogen) atoms.